The van der Waals surface area contributed by atoms with Gasteiger partial charge in [0, 0.05) is 43.7 Å². The van der Waals surface area contributed by atoms with Gasteiger partial charge in [-0.1, -0.05) is 13.8 Å². The predicted molar refractivity (Wildman–Crippen MR) is 88.3 cm³/mol. The third-order valence-electron chi connectivity index (χ3n) is 4.47. The van der Waals surface area contributed by atoms with E-state index in [0.717, 1.165) is 38.0 Å². The second kappa shape index (κ2) is 7.59. The zero-order valence-corrected chi connectivity index (χ0v) is 14.4. The van der Waals surface area contributed by atoms with Gasteiger partial charge in [0.2, 0.25) is 17.7 Å². The Balaban J connectivity index is 1.48. The third kappa shape index (κ3) is 4.21. The summed E-state index contributed by atoms with van der Waals surface area (Å²) in [6.45, 7) is 5.68. The van der Waals surface area contributed by atoms with Crippen molar-refractivity contribution in [3.8, 4) is 0 Å². The van der Waals surface area contributed by atoms with Crippen LogP contribution in [0.4, 0.5) is 0 Å². The topological polar surface area (TPSA) is 87.9 Å². The number of nitrogens with one attached hydrogen (secondary N) is 1. The average molecular weight is 331 g/mol. The van der Waals surface area contributed by atoms with Gasteiger partial charge in [-0.3, -0.25) is 9.89 Å². The van der Waals surface area contributed by atoms with Crippen LogP contribution in [0.25, 0.3) is 0 Å². The zero-order valence-electron chi connectivity index (χ0n) is 14.4. The molecular formula is C17H25N5O2. The van der Waals surface area contributed by atoms with Gasteiger partial charge in [-0.2, -0.15) is 5.10 Å². The van der Waals surface area contributed by atoms with Gasteiger partial charge in [-0.25, -0.2) is 0 Å². The quantitative estimate of drug-likeness (QED) is 0.877. The lowest BCUT2D eigenvalue weighted by molar-refractivity contribution is -0.133. The fraction of sp³-hybridized carbons (Fsp3) is 0.647. The van der Waals surface area contributed by atoms with Crippen LogP contribution in [0, 0.1) is 5.92 Å². The molecule has 0 unspecified atom stereocenters. The van der Waals surface area contributed by atoms with Crippen molar-refractivity contribution in [1.29, 1.82) is 0 Å². The lowest BCUT2D eigenvalue weighted by Crippen LogP contribution is -2.40. The number of hydrogen-bond acceptors (Lipinski definition) is 5. The number of likely N-dealkylation sites (tertiary alicyclic amines) is 1. The Kier molecular flexibility index (Phi) is 5.27. The molecule has 0 saturated carbocycles. The molecule has 0 spiro atoms. The van der Waals surface area contributed by atoms with Gasteiger partial charge in [0.05, 0.1) is 0 Å². The first-order chi connectivity index (χ1) is 11.6. The molecule has 1 saturated heterocycles. The van der Waals surface area contributed by atoms with E-state index < -0.39 is 0 Å². The maximum atomic E-state index is 12.5. The minimum Gasteiger partial charge on any atom is -0.425 e. The molecule has 1 atom stereocenters. The zero-order chi connectivity index (χ0) is 16.9. The molecule has 7 nitrogen and oxygen atoms in total. The summed E-state index contributed by atoms with van der Waals surface area (Å²) < 4.78 is 5.57. The smallest absolute Gasteiger partial charge is 0.223 e. The van der Waals surface area contributed by atoms with E-state index in [9.17, 15) is 4.79 Å². The maximum absolute atomic E-state index is 12.5. The van der Waals surface area contributed by atoms with E-state index in [1.54, 1.807) is 6.20 Å². The van der Waals surface area contributed by atoms with Gasteiger partial charge in [0.1, 0.15) is 0 Å². The lowest BCUT2D eigenvalue weighted by atomic mass is 9.93. The minimum atomic E-state index is 0.175. The largest absolute Gasteiger partial charge is 0.425 e. The Morgan fingerprint density at radius 3 is 3.04 bits per heavy atom. The summed E-state index contributed by atoms with van der Waals surface area (Å²) in [7, 11) is 0. The first kappa shape index (κ1) is 16.7. The number of carbonyl (C=O) groups excluding carboxylic acids is 1. The van der Waals surface area contributed by atoms with Gasteiger partial charge in [0.25, 0.3) is 0 Å². The standard InChI is InChI=1S/C17H25N5O2/c1-12(2)17-21-20-15(24-17)5-6-16(23)22-9-3-4-13(11-22)10-14-7-8-18-19-14/h7-8,12-13H,3-6,9-11H2,1-2H3,(H,18,19)/t13-/m0/s1. The normalized spacial score (nSPS) is 18.3. The second-order valence-corrected chi connectivity index (χ2v) is 6.82. The van der Waals surface area contributed by atoms with E-state index in [0.29, 0.717) is 30.5 Å². The Labute approximate surface area is 141 Å². The third-order valence-corrected chi connectivity index (χ3v) is 4.47. The highest BCUT2D eigenvalue weighted by Gasteiger charge is 2.24. The van der Waals surface area contributed by atoms with E-state index in [1.165, 1.54) is 0 Å². The summed E-state index contributed by atoms with van der Waals surface area (Å²) >= 11 is 0. The van der Waals surface area contributed by atoms with Crippen LogP contribution in [-0.4, -0.2) is 44.3 Å². The molecule has 1 amide bonds. The average Bonchev–Trinajstić information content (AvgIpc) is 3.24. The SMILES string of the molecule is CC(C)c1nnc(CCC(=O)N2CCC[C@@H](Cc3ccn[nH]3)C2)o1. The molecule has 0 radical (unpaired) electrons. The first-order valence-electron chi connectivity index (χ1n) is 8.70. The monoisotopic (exact) mass is 331 g/mol. The number of nitrogens with zero attached hydrogens (tertiary/aromatic N) is 4. The summed E-state index contributed by atoms with van der Waals surface area (Å²) in [6.07, 6.45) is 5.88. The van der Waals surface area contributed by atoms with Crippen LogP contribution in [0.5, 0.6) is 0 Å². The predicted octanol–water partition coefficient (Wildman–Crippen LogP) is 2.33. The molecule has 0 aromatic carbocycles. The van der Waals surface area contributed by atoms with Crippen molar-refractivity contribution in [2.75, 3.05) is 13.1 Å². The number of hydrogen-bond donors (Lipinski definition) is 1. The van der Waals surface area contributed by atoms with E-state index in [2.05, 4.69) is 20.4 Å². The van der Waals surface area contributed by atoms with E-state index in [4.69, 9.17) is 4.42 Å². The van der Waals surface area contributed by atoms with Gasteiger partial charge < -0.3 is 9.32 Å². The van der Waals surface area contributed by atoms with Crippen LogP contribution in [0.15, 0.2) is 16.7 Å². The second-order valence-electron chi connectivity index (χ2n) is 6.82. The maximum Gasteiger partial charge on any atom is 0.223 e. The number of amides is 1. The summed E-state index contributed by atoms with van der Waals surface area (Å²) in [5.74, 6) is 2.08. The molecule has 1 N–H and O–H groups in total. The highest BCUT2D eigenvalue weighted by atomic mass is 16.4. The molecular weight excluding hydrogens is 306 g/mol. The number of aromatic amines is 1. The summed E-state index contributed by atoms with van der Waals surface area (Å²) in [5, 5.41) is 15.0. The molecule has 7 heteroatoms. The van der Waals surface area contributed by atoms with Crippen LogP contribution in [0.3, 0.4) is 0 Å². The summed E-state index contributed by atoms with van der Waals surface area (Å²) in [4.78, 5) is 14.5. The van der Waals surface area contributed by atoms with Crippen molar-refractivity contribution >= 4 is 5.91 Å². The Morgan fingerprint density at radius 2 is 2.33 bits per heavy atom. The van der Waals surface area contributed by atoms with Crippen molar-refractivity contribution in [2.24, 2.45) is 5.92 Å². The Hall–Kier alpha value is -2.18. The van der Waals surface area contributed by atoms with Gasteiger partial charge in [0.15, 0.2) is 0 Å². The summed E-state index contributed by atoms with van der Waals surface area (Å²) in [6, 6.07) is 2.00. The van der Waals surface area contributed by atoms with Crippen molar-refractivity contribution in [2.45, 2.75) is 51.9 Å². The van der Waals surface area contributed by atoms with E-state index in [-0.39, 0.29) is 11.8 Å². The minimum absolute atomic E-state index is 0.175. The molecule has 24 heavy (non-hydrogen) atoms. The van der Waals surface area contributed by atoms with Crippen LogP contribution < -0.4 is 0 Å². The number of aromatic nitrogens is 4. The molecule has 0 bridgehead atoms. The number of H-pyrrole nitrogens is 1. The molecule has 3 rings (SSSR count). The highest BCUT2D eigenvalue weighted by Crippen LogP contribution is 2.21. The fourth-order valence-electron chi connectivity index (χ4n) is 3.14. The first-order valence-corrected chi connectivity index (χ1v) is 8.70. The van der Waals surface area contributed by atoms with Gasteiger partial charge in [-0.15, -0.1) is 10.2 Å². The van der Waals surface area contributed by atoms with Gasteiger partial charge >= 0.3 is 0 Å². The molecule has 3 heterocycles. The summed E-state index contributed by atoms with van der Waals surface area (Å²) in [5.41, 5.74) is 1.14. The Morgan fingerprint density at radius 1 is 1.46 bits per heavy atom. The molecule has 1 aliphatic heterocycles. The number of rotatable bonds is 6. The Bertz CT molecular complexity index is 650. The molecule has 2 aromatic rings. The van der Waals surface area contributed by atoms with Crippen LogP contribution in [-0.2, 0) is 17.6 Å². The van der Waals surface area contributed by atoms with Crippen molar-refractivity contribution in [1.82, 2.24) is 25.3 Å². The molecule has 0 aliphatic carbocycles. The van der Waals surface area contributed by atoms with Crippen molar-refractivity contribution < 1.29 is 9.21 Å². The van der Waals surface area contributed by atoms with Gasteiger partial charge in [-0.05, 0) is 31.2 Å². The van der Waals surface area contributed by atoms with Crippen molar-refractivity contribution in [3.63, 3.8) is 0 Å². The lowest BCUT2D eigenvalue weighted by Gasteiger charge is -2.32. The van der Waals surface area contributed by atoms with Crippen LogP contribution in [0.2, 0.25) is 0 Å². The van der Waals surface area contributed by atoms with E-state index in [1.807, 2.05) is 24.8 Å². The molecule has 2 aromatic heterocycles. The number of piperidine rings is 1. The van der Waals surface area contributed by atoms with Crippen LogP contribution >= 0.6 is 0 Å². The van der Waals surface area contributed by atoms with Crippen molar-refractivity contribution in [3.05, 3.63) is 29.7 Å². The fourth-order valence-corrected chi connectivity index (χ4v) is 3.14. The molecule has 130 valence electrons. The molecule has 1 aliphatic rings. The van der Waals surface area contributed by atoms with E-state index >= 15 is 0 Å². The number of carbonyl (C=O) groups is 1. The van der Waals surface area contributed by atoms with Crippen LogP contribution in [0.1, 0.15) is 56.5 Å². The molecule has 1 fully saturated rings. The highest BCUT2D eigenvalue weighted by molar-refractivity contribution is 5.76. The number of aryl methyl sites for hydroxylation is 1.